The third-order valence-corrected chi connectivity index (χ3v) is 5.27. The maximum atomic E-state index is 4.76. The van der Waals surface area contributed by atoms with Crippen molar-refractivity contribution in [3.8, 4) is 28.2 Å². The molecule has 0 amide bonds. The molecule has 3 aromatic heterocycles. The highest BCUT2D eigenvalue weighted by atomic mass is 15.3. The summed E-state index contributed by atoms with van der Waals surface area (Å²) in [5.41, 5.74) is 6.32. The molecule has 0 spiro atoms. The van der Waals surface area contributed by atoms with E-state index in [1.165, 1.54) is 5.56 Å². The van der Waals surface area contributed by atoms with Crippen LogP contribution in [0, 0.1) is 6.92 Å². The molecule has 0 aliphatic heterocycles. The SMILES string of the molecule is Cc1ccc(-n2cc(-c3c(-c4ccccc4)ncn3Cc3nccn3C)cn2)cc1. The molecule has 0 unspecified atom stereocenters. The molecule has 0 N–H and O–H groups in total. The van der Waals surface area contributed by atoms with E-state index < -0.39 is 0 Å². The van der Waals surface area contributed by atoms with E-state index in [-0.39, 0.29) is 0 Å². The van der Waals surface area contributed by atoms with Crippen LogP contribution in [0.15, 0.2) is 85.7 Å². The fraction of sp³-hybridized carbons (Fsp3) is 0.125. The molecule has 0 atom stereocenters. The Labute approximate surface area is 175 Å². The van der Waals surface area contributed by atoms with Gasteiger partial charge in [-0.05, 0) is 19.1 Å². The Bertz CT molecular complexity index is 1280. The van der Waals surface area contributed by atoms with Crippen LogP contribution in [-0.2, 0) is 13.6 Å². The van der Waals surface area contributed by atoms with Crippen LogP contribution in [0.25, 0.3) is 28.2 Å². The quantitative estimate of drug-likeness (QED) is 0.441. The van der Waals surface area contributed by atoms with Gasteiger partial charge in [0.1, 0.15) is 5.82 Å². The Balaban J connectivity index is 1.61. The van der Waals surface area contributed by atoms with E-state index in [0.29, 0.717) is 6.54 Å². The van der Waals surface area contributed by atoms with Crippen molar-refractivity contribution in [1.29, 1.82) is 0 Å². The van der Waals surface area contributed by atoms with E-state index in [2.05, 4.69) is 64.2 Å². The lowest BCUT2D eigenvalue weighted by atomic mass is 10.1. The predicted molar refractivity (Wildman–Crippen MR) is 117 cm³/mol. The standard InChI is InChI=1S/C24H22N6/c1-18-8-10-21(11-9-18)30-15-20(14-27-30)24-23(19-6-4-3-5-7-19)26-17-29(24)16-22-25-12-13-28(22)2/h3-15,17H,16H2,1-2H3. The van der Waals surface area contributed by atoms with Crippen LogP contribution in [0.3, 0.4) is 0 Å². The van der Waals surface area contributed by atoms with E-state index >= 15 is 0 Å². The van der Waals surface area contributed by atoms with Gasteiger partial charge < -0.3 is 9.13 Å². The zero-order chi connectivity index (χ0) is 20.5. The molecule has 0 radical (unpaired) electrons. The summed E-state index contributed by atoms with van der Waals surface area (Å²) in [4.78, 5) is 9.24. The van der Waals surface area contributed by atoms with Crippen LogP contribution in [0.4, 0.5) is 0 Å². The molecular weight excluding hydrogens is 372 g/mol. The summed E-state index contributed by atoms with van der Waals surface area (Å²) in [5, 5.41) is 4.62. The molecule has 30 heavy (non-hydrogen) atoms. The highest BCUT2D eigenvalue weighted by Gasteiger charge is 2.18. The molecule has 6 nitrogen and oxygen atoms in total. The average molecular weight is 394 g/mol. The Morgan fingerprint density at radius 2 is 1.70 bits per heavy atom. The van der Waals surface area contributed by atoms with Crippen molar-refractivity contribution in [2.75, 3.05) is 0 Å². The minimum Gasteiger partial charge on any atom is -0.337 e. The van der Waals surface area contributed by atoms with Crippen LogP contribution in [0.5, 0.6) is 0 Å². The number of aryl methyl sites for hydroxylation is 2. The van der Waals surface area contributed by atoms with Crippen LogP contribution >= 0.6 is 0 Å². The van der Waals surface area contributed by atoms with Crippen LogP contribution in [0.2, 0.25) is 0 Å². The predicted octanol–water partition coefficient (Wildman–Crippen LogP) is 4.49. The largest absolute Gasteiger partial charge is 0.337 e. The van der Waals surface area contributed by atoms with Crippen LogP contribution in [-0.4, -0.2) is 28.9 Å². The monoisotopic (exact) mass is 394 g/mol. The van der Waals surface area contributed by atoms with Crippen molar-refractivity contribution < 1.29 is 0 Å². The van der Waals surface area contributed by atoms with Gasteiger partial charge in [-0.1, -0.05) is 48.0 Å². The Hall–Kier alpha value is -3.93. The summed E-state index contributed by atoms with van der Waals surface area (Å²) in [6.45, 7) is 2.72. The number of benzene rings is 2. The molecule has 0 bridgehead atoms. The number of hydrogen-bond acceptors (Lipinski definition) is 3. The minimum absolute atomic E-state index is 0.633. The molecule has 0 fully saturated rings. The van der Waals surface area contributed by atoms with Crippen LogP contribution < -0.4 is 0 Å². The maximum absolute atomic E-state index is 4.76. The van der Waals surface area contributed by atoms with E-state index in [0.717, 1.165) is 34.0 Å². The van der Waals surface area contributed by atoms with E-state index in [4.69, 9.17) is 4.98 Å². The molecule has 0 saturated heterocycles. The Morgan fingerprint density at radius 1 is 0.900 bits per heavy atom. The Kier molecular flexibility index (Phi) is 4.52. The first kappa shape index (κ1) is 18.1. The van der Waals surface area contributed by atoms with Gasteiger partial charge in [-0.2, -0.15) is 5.10 Å². The maximum Gasteiger partial charge on any atom is 0.128 e. The summed E-state index contributed by atoms with van der Waals surface area (Å²) >= 11 is 0. The normalized spacial score (nSPS) is 11.1. The zero-order valence-corrected chi connectivity index (χ0v) is 17.0. The van der Waals surface area contributed by atoms with Crippen molar-refractivity contribution in [3.05, 3.63) is 97.1 Å². The summed E-state index contributed by atoms with van der Waals surface area (Å²) in [6.07, 6.45) is 9.62. The second-order valence-electron chi connectivity index (χ2n) is 7.40. The van der Waals surface area contributed by atoms with Gasteiger partial charge in [0.2, 0.25) is 0 Å². The molecule has 148 valence electrons. The van der Waals surface area contributed by atoms with Crippen molar-refractivity contribution >= 4 is 0 Å². The fourth-order valence-corrected chi connectivity index (χ4v) is 3.60. The molecule has 0 aliphatic rings. The van der Waals surface area contributed by atoms with Gasteiger partial charge in [-0.25, -0.2) is 14.6 Å². The van der Waals surface area contributed by atoms with Crippen LogP contribution in [0.1, 0.15) is 11.4 Å². The first-order chi connectivity index (χ1) is 14.7. The lowest BCUT2D eigenvalue weighted by Gasteiger charge is -2.09. The lowest BCUT2D eigenvalue weighted by molar-refractivity contribution is 0.703. The minimum atomic E-state index is 0.633. The van der Waals surface area contributed by atoms with Crippen molar-refractivity contribution in [2.45, 2.75) is 13.5 Å². The van der Waals surface area contributed by atoms with E-state index in [1.54, 1.807) is 0 Å². The molecule has 5 rings (SSSR count). The number of rotatable bonds is 5. The lowest BCUT2D eigenvalue weighted by Crippen LogP contribution is -2.06. The summed E-state index contributed by atoms with van der Waals surface area (Å²) in [6, 6.07) is 18.6. The average Bonchev–Trinajstić information content (AvgIpc) is 3.50. The zero-order valence-electron chi connectivity index (χ0n) is 17.0. The summed E-state index contributed by atoms with van der Waals surface area (Å²) in [5.74, 6) is 0.971. The molecule has 3 heterocycles. The highest BCUT2D eigenvalue weighted by Crippen LogP contribution is 2.32. The van der Waals surface area contributed by atoms with E-state index in [1.807, 2.05) is 59.4 Å². The first-order valence-corrected chi connectivity index (χ1v) is 9.88. The van der Waals surface area contributed by atoms with Crippen molar-refractivity contribution in [1.82, 2.24) is 28.9 Å². The summed E-state index contributed by atoms with van der Waals surface area (Å²) in [7, 11) is 2.01. The van der Waals surface area contributed by atoms with Crippen molar-refractivity contribution in [3.63, 3.8) is 0 Å². The fourth-order valence-electron chi connectivity index (χ4n) is 3.60. The topological polar surface area (TPSA) is 53.5 Å². The van der Waals surface area contributed by atoms with Gasteiger partial charge in [0.05, 0.1) is 36.1 Å². The molecule has 0 saturated carbocycles. The van der Waals surface area contributed by atoms with Gasteiger partial charge in [0.25, 0.3) is 0 Å². The third kappa shape index (κ3) is 3.33. The number of imidazole rings is 2. The third-order valence-electron chi connectivity index (χ3n) is 5.27. The van der Waals surface area contributed by atoms with Gasteiger partial charge in [-0.15, -0.1) is 0 Å². The molecule has 2 aromatic carbocycles. The number of aromatic nitrogens is 6. The van der Waals surface area contributed by atoms with Gasteiger partial charge in [0, 0.05) is 36.8 Å². The number of nitrogens with zero attached hydrogens (tertiary/aromatic N) is 6. The number of hydrogen-bond donors (Lipinski definition) is 0. The highest BCUT2D eigenvalue weighted by molar-refractivity contribution is 5.78. The van der Waals surface area contributed by atoms with Gasteiger partial charge in [0.15, 0.2) is 0 Å². The van der Waals surface area contributed by atoms with Gasteiger partial charge in [-0.3, -0.25) is 0 Å². The second kappa shape index (κ2) is 7.48. The van der Waals surface area contributed by atoms with E-state index in [9.17, 15) is 0 Å². The second-order valence-corrected chi connectivity index (χ2v) is 7.40. The molecule has 0 aliphatic carbocycles. The molecule has 6 heteroatoms. The summed E-state index contributed by atoms with van der Waals surface area (Å²) < 4.78 is 6.07. The molecule has 5 aromatic rings. The smallest absolute Gasteiger partial charge is 0.128 e. The molecular formula is C24H22N6. The first-order valence-electron chi connectivity index (χ1n) is 9.88. The van der Waals surface area contributed by atoms with Crippen molar-refractivity contribution in [2.24, 2.45) is 7.05 Å². The Morgan fingerprint density at radius 3 is 2.43 bits per heavy atom. The van der Waals surface area contributed by atoms with Gasteiger partial charge >= 0.3 is 0 Å².